The van der Waals surface area contributed by atoms with Gasteiger partial charge in [-0.1, -0.05) is 38.8 Å². The fourth-order valence-electron chi connectivity index (χ4n) is 2.13. The summed E-state index contributed by atoms with van der Waals surface area (Å²) in [6.45, 7) is 6.40. The van der Waals surface area contributed by atoms with Gasteiger partial charge in [0.15, 0.2) is 0 Å². The molecule has 0 heterocycles. The molecule has 0 unspecified atom stereocenters. The number of unbranched alkanes of at least 4 members (excludes halogenated alkanes) is 2. The van der Waals surface area contributed by atoms with E-state index in [0.717, 1.165) is 44.3 Å². The summed E-state index contributed by atoms with van der Waals surface area (Å²) >= 11 is 0. The Morgan fingerprint density at radius 3 is 2.43 bits per heavy atom. The van der Waals surface area contributed by atoms with Gasteiger partial charge in [0, 0.05) is 19.6 Å². The van der Waals surface area contributed by atoms with Crippen molar-refractivity contribution in [3.8, 4) is 0 Å². The maximum atomic E-state index is 13.1. The molecule has 1 aromatic carbocycles. The third-order valence-corrected chi connectivity index (χ3v) is 3.43. The SMILES string of the molecule is CCCCN(CCCC)C(=O)NCCc1cccc(F)c1. The molecule has 0 saturated carbocycles. The first-order valence-electron chi connectivity index (χ1n) is 7.94. The fourth-order valence-corrected chi connectivity index (χ4v) is 2.13. The normalized spacial score (nSPS) is 10.4. The molecule has 1 rings (SSSR count). The van der Waals surface area contributed by atoms with E-state index in [4.69, 9.17) is 0 Å². The van der Waals surface area contributed by atoms with Crippen LogP contribution in [-0.2, 0) is 6.42 Å². The highest BCUT2D eigenvalue weighted by molar-refractivity contribution is 5.74. The minimum atomic E-state index is -0.230. The second kappa shape index (κ2) is 10.2. The van der Waals surface area contributed by atoms with E-state index in [2.05, 4.69) is 19.2 Å². The van der Waals surface area contributed by atoms with Crippen molar-refractivity contribution in [2.45, 2.75) is 46.0 Å². The van der Waals surface area contributed by atoms with Gasteiger partial charge in [-0.05, 0) is 37.0 Å². The van der Waals surface area contributed by atoms with Crippen molar-refractivity contribution in [3.05, 3.63) is 35.6 Å². The Balaban J connectivity index is 2.37. The zero-order valence-electron chi connectivity index (χ0n) is 13.2. The summed E-state index contributed by atoms with van der Waals surface area (Å²) in [5.41, 5.74) is 0.906. The number of nitrogens with one attached hydrogen (secondary N) is 1. The third kappa shape index (κ3) is 7.11. The van der Waals surface area contributed by atoms with Gasteiger partial charge in [0.1, 0.15) is 5.82 Å². The summed E-state index contributed by atoms with van der Waals surface area (Å²) in [5.74, 6) is -0.230. The second-order valence-corrected chi connectivity index (χ2v) is 5.31. The number of carbonyl (C=O) groups is 1. The van der Waals surface area contributed by atoms with Crippen LogP contribution in [0.5, 0.6) is 0 Å². The molecule has 118 valence electrons. The number of rotatable bonds is 9. The number of benzene rings is 1. The summed E-state index contributed by atoms with van der Waals surface area (Å²) in [5, 5.41) is 2.93. The summed E-state index contributed by atoms with van der Waals surface area (Å²) in [7, 11) is 0. The van der Waals surface area contributed by atoms with Crippen LogP contribution in [0.15, 0.2) is 24.3 Å². The maximum Gasteiger partial charge on any atom is 0.317 e. The number of halogens is 1. The molecular formula is C17H27FN2O. The minimum Gasteiger partial charge on any atom is -0.338 e. The molecule has 1 N–H and O–H groups in total. The first-order valence-corrected chi connectivity index (χ1v) is 7.94. The van der Waals surface area contributed by atoms with Crippen LogP contribution in [0.1, 0.15) is 45.1 Å². The molecule has 21 heavy (non-hydrogen) atoms. The van der Waals surface area contributed by atoms with Gasteiger partial charge < -0.3 is 10.2 Å². The molecule has 0 spiro atoms. The zero-order chi connectivity index (χ0) is 15.5. The van der Waals surface area contributed by atoms with Gasteiger partial charge in [0.25, 0.3) is 0 Å². The fraction of sp³-hybridized carbons (Fsp3) is 0.588. The van der Waals surface area contributed by atoms with Crippen LogP contribution in [0.25, 0.3) is 0 Å². The molecule has 0 aliphatic carbocycles. The van der Waals surface area contributed by atoms with E-state index in [1.165, 1.54) is 12.1 Å². The standard InChI is InChI=1S/C17H27FN2O/c1-3-5-12-20(13-6-4-2)17(21)19-11-10-15-8-7-9-16(18)14-15/h7-9,14H,3-6,10-13H2,1-2H3,(H,19,21). The number of carbonyl (C=O) groups excluding carboxylic acids is 1. The van der Waals surface area contributed by atoms with Crippen molar-refractivity contribution in [1.82, 2.24) is 10.2 Å². The van der Waals surface area contributed by atoms with E-state index in [-0.39, 0.29) is 11.8 Å². The monoisotopic (exact) mass is 294 g/mol. The largest absolute Gasteiger partial charge is 0.338 e. The zero-order valence-corrected chi connectivity index (χ0v) is 13.2. The molecule has 1 aromatic rings. The average molecular weight is 294 g/mol. The van der Waals surface area contributed by atoms with Crippen LogP contribution in [-0.4, -0.2) is 30.6 Å². The number of hydrogen-bond donors (Lipinski definition) is 1. The highest BCUT2D eigenvalue weighted by Gasteiger charge is 2.11. The number of nitrogens with zero attached hydrogens (tertiary/aromatic N) is 1. The summed E-state index contributed by atoms with van der Waals surface area (Å²) in [4.78, 5) is 14.0. The Kier molecular flexibility index (Phi) is 8.48. The van der Waals surface area contributed by atoms with Gasteiger partial charge in [0.05, 0.1) is 0 Å². The number of urea groups is 1. The van der Waals surface area contributed by atoms with E-state index in [0.29, 0.717) is 13.0 Å². The third-order valence-electron chi connectivity index (χ3n) is 3.43. The lowest BCUT2D eigenvalue weighted by Gasteiger charge is -2.22. The van der Waals surface area contributed by atoms with Gasteiger partial charge in [-0.3, -0.25) is 0 Å². The van der Waals surface area contributed by atoms with Crippen molar-refractivity contribution in [3.63, 3.8) is 0 Å². The van der Waals surface area contributed by atoms with Gasteiger partial charge >= 0.3 is 6.03 Å². The Bertz CT molecular complexity index is 415. The van der Waals surface area contributed by atoms with Crippen LogP contribution < -0.4 is 5.32 Å². The molecule has 0 atom stereocenters. The smallest absolute Gasteiger partial charge is 0.317 e. The molecule has 0 aliphatic heterocycles. The molecule has 0 aromatic heterocycles. The van der Waals surface area contributed by atoms with Crippen molar-refractivity contribution in [2.24, 2.45) is 0 Å². The predicted molar refractivity (Wildman–Crippen MR) is 84.9 cm³/mol. The molecule has 0 radical (unpaired) electrons. The van der Waals surface area contributed by atoms with Gasteiger partial charge in [-0.2, -0.15) is 0 Å². The van der Waals surface area contributed by atoms with E-state index in [1.807, 2.05) is 11.0 Å². The Morgan fingerprint density at radius 2 is 1.86 bits per heavy atom. The van der Waals surface area contributed by atoms with Crippen LogP contribution >= 0.6 is 0 Å². The van der Waals surface area contributed by atoms with Crippen molar-refractivity contribution in [1.29, 1.82) is 0 Å². The second-order valence-electron chi connectivity index (χ2n) is 5.31. The Hall–Kier alpha value is -1.58. The first-order chi connectivity index (χ1) is 10.2. The van der Waals surface area contributed by atoms with E-state index in [9.17, 15) is 9.18 Å². The molecule has 0 fully saturated rings. The van der Waals surface area contributed by atoms with Crippen molar-refractivity contribution >= 4 is 6.03 Å². The summed E-state index contributed by atoms with van der Waals surface area (Å²) < 4.78 is 13.1. The van der Waals surface area contributed by atoms with Crippen LogP contribution in [0.3, 0.4) is 0 Å². The average Bonchev–Trinajstić information content (AvgIpc) is 2.47. The maximum absolute atomic E-state index is 13.1. The lowest BCUT2D eigenvalue weighted by Crippen LogP contribution is -2.41. The quantitative estimate of drug-likeness (QED) is 0.734. The number of hydrogen-bond acceptors (Lipinski definition) is 1. The molecule has 0 bridgehead atoms. The summed E-state index contributed by atoms with van der Waals surface area (Å²) in [6.07, 6.45) is 4.87. The van der Waals surface area contributed by atoms with Crippen LogP contribution in [0.2, 0.25) is 0 Å². The Labute approximate surface area is 127 Å². The number of amides is 2. The molecule has 4 heteroatoms. The highest BCUT2D eigenvalue weighted by atomic mass is 19.1. The van der Waals surface area contributed by atoms with E-state index in [1.54, 1.807) is 6.07 Å². The lowest BCUT2D eigenvalue weighted by atomic mass is 10.1. The lowest BCUT2D eigenvalue weighted by molar-refractivity contribution is 0.196. The highest BCUT2D eigenvalue weighted by Crippen LogP contribution is 2.04. The summed E-state index contributed by atoms with van der Waals surface area (Å²) in [6, 6.07) is 6.51. The van der Waals surface area contributed by atoms with E-state index < -0.39 is 0 Å². The minimum absolute atomic E-state index is 0.00620. The molecule has 3 nitrogen and oxygen atoms in total. The van der Waals surface area contributed by atoms with Gasteiger partial charge in [0.2, 0.25) is 0 Å². The molecule has 0 saturated heterocycles. The molecule has 2 amide bonds. The van der Waals surface area contributed by atoms with E-state index >= 15 is 0 Å². The first kappa shape index (κ1) is 17.5. The topological polar surface area (TPSA) is 32.3 Å². The molecular weight excluding hydrogens is 267 g/mol. The van der Waals surface area contributed by atoms with Crippen LogP contribution in [0.4, 0.5) is 9.18 Å². The predicted octanol–water partition coefficient (Wildman–Crippen LogP) is 3.98. The van der Waals surface area contributed by atoms with Gasteiger partial charge in [-0.25, -0.2) is 9.18 Å². The van der Waals surface area contributed by atoms with Gasteiger partial charge in [-0.15, -0.1) is 0 Å². The Morgan fingerprint density at radius 1 is 1.19 bits per heavy atom. The molecule has 0 aliphatic rings. The van der Waals surface area contributed by atoms with Crippen LogP contribution in [0, 0.1) is 5.82 Å². The van der Waals surface area contributed by atoms with Crippen molar-refractivity contribution in [2.75, 3.05) is 19.6 Å². The van der Waals surface area contributed by atoms with Crippen molar-refractivity contribution < 1.29 is 9.18 Å².